The molecule has 130 valence electrons. The number of hydrogen-bond acceptors (Lipinski definition) is 6. The first-order chi connectivity index (χ1) is 11.3. The van der Waals surface area contributed by atoms with Crippen LogP contribution < -0.4 is 15.2 Å². The Morgan fingerprint density at radius 2 is 2.12 bits per heavy atom. The molecule has 0 amide bonds. The van der Waals surface area contributed by atoms with Crippen molar-refractivity contribution in [1.82, 2.24) is 9.97 Å². The maximum Gasteiger partial charge on any atom is 0.241 e. The van der Waals surface area contributed by atoms with E-state index in [1.54, 1.807) is 12.3 Å². The Labute approximate surface area is 146 Å². The van der Waals surface area contributed by atoms with Crippen LogP contribution in [0.3, 0.4) is 0 Å². The molecule has 24 heavy (non-hydrogen) atoms. The largest absolute Gasteiger partial charge is 0.476 e. The molecule has 3 N–H and O–H groups in total. The van der Waals surface area contributed by atoms with E-state index in [1.807, 2.05) is 13.8 Å². The lowest BCUT2D eigenvalue weighted by Gasteiger charge is -2.12. The Balaban J connectivity index is 2.09. The molecule has 0 saturated heterocycles. The maximum absolute atomic E-state index is 11.5. The van der Waals surface area contributed by atoms with Gasteiger partial charge in [-0.05, 0) is 29.7 Å². The molecule has 0 bridgehead atoms. The number of ether oxygens (including phenoxy) is 1. The summed E-state index contributed by atoms with van der Waals surface area (Å²) in [5.74, 6) is 0.915. The fourth-order valence-electron chi connectivity index (χ4n) is 1.85. The molecule has 0 aliphatic rings. The first-order valence-electron chi connectivity index (χ1n) is 7.26. The van der Waals surface area contributed by atoms with E-state index in [9.17, 15) is 8.42 Å². The van der Waals surface area contributed by atoms with Gasteiger partial charge >= 0.3 is 0 Å². The summed E-state index contributed by atoms with van der Waals surface area (Å²) in [5.41, 5.74) is 0.753. The van der Waals surface area contributed by atoms with Crippen LogP contribution in [-0.2, 0) is 16.6 Å². The smallest absolute Gasteiger partial charge is 0.241 e. The number of aromatic nitrogens is 2. The molecular weight excluding hydrogens is 352 g/mol. The number of primary sulfonamides is 1. The summed E-state index contributed by atoms with van der Waals surface area (Å²) in [5, 5.41) is 8.49. The minimum Gasteiger partial charge on any atom is -0.476 e. The van der Waals surface area contributed by atoms with E-state index in [1.165, 1.54) is 18.3 Å². The lowest BCUT2D eigenvalue weighted by atomic mass is 10.2. The van der Waals surface area contributed by atoms with Gasteiger partial charge in [-0.25, -0.2) is 23.5 Å². The number of anilines is 1. The van der Waals surface area contributed by atoms with Crippen molar-refractivity contribution in [3.63, 3.8) is 0 Å². The Bertz CT molecular complexity index is 812. The summed E-state index contributed by atoms with van der Waals surface area (Å²) >= 11 is 6.15. The minimum atomic E-state index is -3.85. The number of halogens is 1. The van der Waals surface area contributed by atoms with Crippen molar-refractivity contribution in [2.45, 2.75) is 25.3 Å². The summed E-state index contributed by atoms with van der Waals surface area (Å²) in [6.45, 7) is 4.87. The van der Waals surface area contributed by atoms with Gasteiger partial charge in [0.2, 0.25) is 15.9 Å². The molecule has 2 aromatic rings. The number of hydrogen-bond donors (Lipinski definition) is 2. The fraction of sp³-hybridized carbons (Fsp3) is 0.333. The summed E-state index contributed by atoms with van der Waals surface area (Å²) in [6.07, 6.45) is 3.08. The van der Waals surface area contributed by atoms with Crippen molar-refractivity contribution in [3.05, 3.63) is 41.2 Å². The molecule has 0 aliphatic heterocycles. The summed E-state index contributed by atoms with van der Waals surface area (Å²) in [4.78, 5) is 8.11. The van der Waals surface area contributed by atoms with E-state index in [0.29, 0.717) is 23.4 Å². The first-order valence-corrected chi connectivity index (χ1v) is 9.18. The molecule has 0 radical (unpaired) electrons. The monoisotopic (exact) mass is 370 g/mol. The van der Waals surface area contributed by atoms with Crippen LogP contribution in [0.4, 0.5) is 5.82 Å². The molecule has 0 fully saturated rings. The van der Waals surface area contributed by atoms with E-state index in [2.05, 4.69) is 15.3 Å². The van der Waals surface area contributed by atoms with Gasteiger partial charge in [-0.15, -0.1) is 0 Å². The Kier molecular flexibility index (Phi) is 5.98. The topological polar surface area (TPSA) is 107 Å². The third-order valence-electron chi connectivity index (χ3n) is 2.95. The number of rotatable bonds is 7. The zero-order valence-electron chi connectivity index (χ0n) is 13.4. The van der Waals surface area contributed by atoms with Gasteiger partial charge in [0.1, 0.15) is 15.7 Å². The van der Waals surface area contributed by atoms with Crippen LogP contribution in [0.5, 0.6) is 5.88 Å². The van der Waals surface area contributed by atoms with E-state index < -0.39 is 10.0 Å². The van der Waals surface area contributed by atoms with Crippen molar-refractivity contribution >= 4 is 27.4 Å². The zero-order chi connectivity index (χ0) is 17.7. The van der Waals surface area contributed by atoms with Gasteiger partial charge in [-0.1, -0.05) is 25.4 Å². The number of pyridine rings is 2. The molecular formula is C15H19ClN4O3S. The SMILES string of the molecule is CC(C)COc1ncc(CNc2ncccc2S(N)(=O)=O)cc1Cl. The predicted octanol–water partition coefficient (Wildman–Crippen LogP) is 2.42. The maximum atomic E-state index is 11.5. The number of sulfonamides is 1. The lowest BCUT2D eigenvalue weighted by Crippen LogP contribution is -2.16. The highest BCUT2D eigenvalue weighted by atomic mass is 35.5. The van der Waals surface area contributed by atoms with Crippen LogP contribution in [0, 0.1) is 5.92 Å². The van der Waals surface area contributed by atoms with Crippen molar-refractivity contribution in [3.8, 4) is 5.88 Å². The number of nitrogens with zero attached hydrogens (tertiary/aromatic N) is 2. The molecule has 2 rings (SSSR count). The third kappa shape index (κ3) is 5.05. The molecule has 0 saturated carbocycles. The minimum absolute atomic E-state index is 0.0686. The van der Waals surface area contributed by atoms with E-state index in [0.717, 1.165) is 5.56 Å². The van der Waals surface area contributed by atoms with Gasteiger partial charge in [0.15, 0.2) is 0 Å². The van der Waals surface area contributed by atoms with E-state index in [-0.39, 0.29) is 17.3 Å². The van der Waals surface area contributed by atoms with Gasteiger partial charge in [0.25, 0.3) is 0 Å². The van der Waals surface area contributed by atoms with Crippen LogP contribution in [-0.4, -0.2) is 25.0 Å². The lowest BCUT2D eigenvalue weighted by molar-refractivity contribution is 0.261. The van der Waals surface area contributed by atoms with Crippen LogP contribution >= 0.6 is 11.6 Å². The quantitative estimate of drug-likeness (QED) is 0.775. The standard InChI is InChI=1S/C15H19ClN4O3S/c1-10(2)9-23-15-12(16)6-11(8-20-15)7-19-14-13(24(17,21)22)4-3-5-18-14/h3-6,8,10H,7,9H2,1-2H3,(H,18,19)(H2,17,21,22). The molecule has 0 aliphatic carbocycles. The average Bonchev–Trinajstić information content (AvgIpc) is 2.51. The number of nitrogens with one attached hydrogen (secondary N) is 1. The van der Waals surface area contributed by atoms with E-state index >= 15 is 0 Å². The summed E-state index contributed by atoms with van der Waals surface area (Å²) in [6, 6.07) is 4.60. The zero-order valence-corrected chi connectivity index (χ0v) is 14.9. The van der Waals surface area contributed by atoms with Crippen LogP contribution in [0.2, 0.25) is 5.02 Å². The van der Waals surface area contributed by atoms with Gasteiger partial charge < -0.3 is 10.1 Å². The van der Waals surface area contributed by atoms with Crippen molar-refractivity contribution < 1.29 is 13.2 Å². The van der Waals surface area contributed by atoms with Crippen molar-refractivity contribution in [1.29, 1.82) is 0 Å². The molecule has 0 spiro atoms. The van der Waals surface area contributed by atoms with Crippen molar-refractivity contribution in [2.24, 2.45) is 11.1 Å². The van der Waals surface area contributed by atoms with Gasteiger partial charge in [0.05, 0.1) is 6.61 Å². The fourth-order valence-corrected chi connectivity index (χ4v) is 2.76. The average molecular weight is 371 g/mol. The first kappa shape index (κ1) is 18.4. The van der Waals surface area contributed by atoms with Crippen molar-refractivity contribution in [2.75, 3.05) is 11.9 Å². The molecule has 0 aromatic carbocycles. The Hall–Kier alpha value is -1.90. The Morgan fingerprint density at radius 1 is 1.38 bits per heavy atom. The Morgan fingerprint density at radius 3 is 2.75 bits per heavy atom. The normalized spacial score (nSPS) is 11.5. The summed E-state index contributed by atoms with van der Waals surface area (Å²) in [7, 11) is -3.85. The molecule has 2 aromatic heterocycles. The highest BCUT2D eigenvalue weighted by Gasteiger charge is 2.14. The molecule has 7 nitrogen and oxygen atoms in total. The second-order valence-electron chi connectivity index (χ2n) is 5.58. The second-order valence-corrected chi connectivity index (χ2v) is 7.52. The third-order valence-corrected chi connectivity index (χ3v) is 4.17. The van der Waals surface area contributed by atoms with Gasteiger partial charge in [-0.2, -0.15) is 0 Å². The molecule has 9 heteroatoms. The highest BCUT2D eigenvalue weighted by molar-refractivity contribution is 7.89. The second kappa shape index (κ2) is 7.78. The van der Waals surface area contributed by atoms with Crippen LogP contribution in [0.15, 0.2) is 35.5 Å². The van der Waals surface area contributed by atoms with E-state index in [4.69, 9.17) is 21.5 Å². The van der Waals surface area contributed by atoms with Crippen LogP contribution in [0.1, 0.15) is 19.4 Å². The van der Waals surface area contributed by atoms with Gasteiger partial charge in [0, 0.05) is 18.9 Å². The molecule has 2 heterocycles. The predicted molar refractivity (Wildman–Crippen MR) is 92.5 cm³/mol. The van der Waals surface area contributed by atoms with Gasteiger partial charge in [-0.3, -0.25) is 0 Å². The highest BCUT2D eigenvalue weighted by Crippen LogP contribution is 2.24. The molecule has 0 unspecified atom stereocenters. The van der Waals surface area contributed by atoms with Crippen LogP contribution in [0.25, 0.3) is 0 Å². The molecule has 0 atom stereocenters. The summed E-state index contributed by atoms with van der Waals surface area (Å²) < 4.78 is 28.6. The number of nitrogens with two attached hydrogens (primary N) is 1.